The van der Waals surface area contributed by atoms with Gasteiger partial charge in [-0.1, -0.05) is 18.2 Å². The van der Waals surface area contributed by atoms with Gasteiger partial charge in [0.25, 0.3) is 5.91 Å². The van der Waals surface area contributed by atoms with Crippen molar-refractivity contribution in [1.29, 1.82) is 5.26 Å². The summed E-state index contributed by atoms with van der Waals surface area (Å²) in [5.41, 5.74) is 1.28. The van der Waals surface area contributed by atoms with Crippen molar-refractivity contribution in [2.24, 2.45) is 5.92 Å². The summed E-state index contributed by atoms with van der Waals surface area (Å²) in [6, 6.07) is 10.4. The topological polar surface area (TPSA) is 105 Å². The number of rotatable bonds is 1. The molecule has 0 unspecified atom stereocenters. The fourth-order valence-electron chi connectivity index (χ4n) is 6.77. The van der Waals surface area contributed by atoms with E-state index >= 15 is 0 Å². The Labute approximate surface area is 204 Å². The summed E-state index contributed by atoms with van der Waals surface area (Å²) < 4.78 is 0. The van der Waals surface area contributed by atoms with Crippen LogP contribution in [0.1, 0.15) is 43.4 Å². The SMILES string of the molecule is N#Cc1nccnc1N1CCCNC(=O)[C@@H]2C[C@@H]3CCCN3[C@@]23C(=O)N(CCC1)c1ccccc13. The molecule has 0 saturated carbocycles. The minimum Gasteiger partial charge on any atom is -0.356 e. The van der Waals surface area contributed by atoms with Crippen molar-refractivity contribution in [3.8, 4) is 6.07 Å². The number of aromatic nitrogens is 2. The van der Waals surface area contributed by atoms with Gasteiger partial charge in [0.05, 0.1) is 5.92 Å². The molecule has 3 saturated heterocycles. The summed E-state index contributed by atoms with van der Waals surface area (Å²) >= 11 is 0. The molecule has 1 N–H and O–H groups in total. The lowest BCUT2D eigenvalue weighted by Gasteiger charge is -2.37. The maximum Gasteiger partial charge on any atom is 0.253 e. The first-order valence-electron chi connectivity index (χ1n) is 12.6. The molecule has 3 fully saturated rings. The summed E-state index contributed by atoms with van der Waals surface area (Å²) in [6.45, 7) is 3.18. The molecule has 9 nitrogen and oxygen atoms in total. The number of nitriles is 1. The van der Waals surface area contributed by atoms with Gasteiger partial charge in [-0.15, -0.1) is 0 Å². The minimum atomic E-state index is -0.908. The molecule has 1 aromatic heterocycles. The van der Waals surface area contributed by atoms with Crippen molar-refractivity contribution in [3.05, 3.63) is 47.9 Å². The highest BCUT2D eigenvalue weighted by atomic mass is 16.2. The molecule has 2 bridgehead atoms. The van der Waals surface area contributed by atoms with E-state index in [1.165, 1.54) is 6.20 Å². The van der Waals surface area contributed by atoms with Crippen LogP contribution >= 0.6 is 0 Å². The zero-order valence-corrected chi connectivity index (χ0v) is 19.7. The summed E-state index contributed by atoms with van der Waals surface area (Å²) in [5.74, 6) is 0.157. The Hall–Kier alpha value is -3.51. The van der Waals surface area contributed by atoms with Crippen LogP contribution in [0.5, 0.6) is 0 Å². The van der Waals surface area contributed by atoms with E-state index < -0.39 is 11.5 Å². The van der Waals surface area contributed by atoms with Gasteiger partial charge in [0.2, 0.25) is 5.91 Å². The van der Waals surface area contributed by atoms with E-state index in [0.29, 0.717) is 44.8 Å². The van der Waals surface area contributed by atoms with Crippen LogP contribution in [-0.4, -0.2) is 65.4 Å². The van der Waals surface area contributed by atoms with Gasteiger partial charge in [0.1, 0.15) is 11.6 Å². The number of hydrogen-bond acceptors (Lipinski definition) is 7. The lowest BCUT2D eigenvalue weighted by molar-refractivity contribution is -0.138. The first kappa shape index (κ1) is 22.0. The van der Waals surface area contributed by atoms with Crippen LogP contribution in [0.25, 0.3) is 0 Å². The second kappa shape index (κ2) is 8.61. The lowest BCUT2D eigenvalue weighted by atomic mass is 9.78. The highest BCUT2D eigenvalue weighted by Gasteiger charge is 2.66. The van der Waals surface area contributed by atoms with E-state index in [9.17, 15) is 14.9 Å². The smallest absolute Gasteiger partial charge is 0.253 e. The molecule has 180 valence electrons. The third-order valence-corrected chi connectivity index (χ3v) is 8.13. The maximum absolute atomic E-state index is 14.3. The zero-order chi connectivity index (χ0) is 24.0. The van der Waals surface area contributed by atoms with E-state index in [-0.39, 0.29) is 23.6 Å². The average molecular weight is 472 g/mol. The molecule has 6 rings (SSSR count). The number of nitrogens with zero attached hydrogens (tertiary/aromatic N) is 6. The Morgan fingerprint density at radius 1 is 1.03 bits per heavy atom. The quantitative estimate of drug-likeness (QED) is 0.676. The van der Waals surface area contributed by atoms with Gasteiger partial charge in [-0.05, 0) is 44.7 Å². The van der Waals surface area contributed by atoms with Crippen molar-refractivity contribution in [3.63, 3.8) is 0 Å². The molecule has 9 heteroatoms. The summed E-state index contributed by atoms with van der Waals surface area (Å²) in [6.07, 6.45) is 7.36. The number of carbonyl (C=O) groups is 2. The van der Waals surface area contributed by atoms with Gasteiger partial charge >= 0.3 is 0 Å². The Balaban J connectivity index is 1.39. The average Bonchev–Trinajstić information content (AvgIpc) is 3.54. The van der Waals surface area contributed by atoms with Crippen molar-refractivity contribution >= 4 is 23.3 Å². The number of amides is 2. The zero-order valence-electron chi connectivity index (χ0n) is 19.7. The second-order valence-corrected chi connectivity index (χ2v) is 9.84. The summed E-state index contributed by atoms with van der Waals surface area (Å²) in [5, 5.41) is 12.7. The summed E-state index contributed by atoms with van der Waals surface area (Å²) in [4.78, 5) is 42.8. The Bertz CT molecular complexity index is 1210. The van der Waals surface area contributed by atoms with Gasteiger partial charge in [-0.25, -0.2) is 9.97 Å². The number of benzene rings is 1. The van der Waals surface area contributed by atoms with E-state index in [1.807, 2.05) is 29.2 Å². The monoisotopic (exact) mass is 471 g/mol. The van der Waals surface area contributed by atoms with Crippen LogP contribution < -0.4 is 15.1 Å². The normalized spacial score (nSPS) is 28.8. The van der Waals surface area contributed by atoms with Crippen LogP contribution in [0, 0.1) is 17.2 Å². The molecular weight excluding hydrogens is 442 g/mol. The molecule has 0 radical (unpaired) electrons. The van der Waals surface area contributed by atoms with Crippen molar-refractivity contribution < 1.29 is 9.59 Å². The van der Waals surface area contributed by atoms with Crippen molar-refractivity contribution in [2.45, 2.75) is 43.7 Å². The predicted octanol–water partition coefficient (Wildman–Crippen LogP) is 1.79. The van der Waals surface area contributed by atoms with Gasteiger partial charge in [-0.3, -0.25) is 14.5 Å². The van der Waals surface area contributed by atoms with Gasteiger partial charge in [0, 0.05) is 55.9 Å². The van der Waals surface area contributed by atoms with E-state index in [0.717, 1.165) is 37.1 Å². The maximum atomic E-state index is 14.3. The van der Waals surface area contributed by atoms with Gasteiger partial charge in [-0.2, -0.15) is 5.26 Å². The molecule has 1 spiro atoms. The highest BCUT2D eigenvalue weighted by Crippen LogP contribution is 2.57. The number of anilines is 2. The second-order valence-electron chi connectivity index (χ2n) is 9.84. The molecule has 2 amide bonds. The van der Waals surface area contributed by atoms with Crippen LogP contribution in [0.2, 0.25) is 0 Å². The van der Waals surface area contributed by atoms with Crippen LogP contribution in [0.3, 0.4) is 0 Å². The lowest BCUT2D eigenvalue weighted by Crippen LogP contribution is -2.56. The third kappa shape index (κ3) is 3.23. The first-order valence-corrected chi connectivity index (χ1v) is 12.6. The van der Waals surface area contributed by atoms with Crippen molar-refractivity contribution in [2.75, 3.05) is 42.5 Å². The molecule has 5 heterocycles. The van der Waals surface area contributed by atoms with E-state index in [1.54, 1.807) is 6.20 Å². The fourth-order valence-corrected chi connectivity index (χ4v) is 6.77. The van der Waals surface area contributed by atoms with E-state index in [4.69, 9.17) is 0 Å². The molecule has 3 atom stereocenters. The molecule has 4 aliphatic heterocycles. The van der Waals surface area contributed by atoms with E-state index in [2.05, 4.69) is 31.2 Å². The number of fused-ring (bicyclic) bond motifs is 4. The first-order chi connectivity index (χ1) is 17.2. The summed E-state index contributed by atoms with van der Waals surface area (Å²) in [7, 11) is 0. The molecule has 2 aromatic rings. The van der Waals surface area contributed by atoms with Gasteiger partial charge in [0.15, 0.2) is 11.5 Å². The Morgan fingerprint density at radius 3 is 2.74 bits per heavy atom. The molecule has 35 heavy (non-hydrogen) atoms. The van der Waals surface area contributed by atoms with Gasteiger partial charge < -0.3 is 15.1 Å². The fraction of sp³-hybridized carbons (Fsp3) is 0.500. The molecule has 0 aliphatic carbocycles. The number of nitrogens with one attached hydrogen (secondary N) is 1. The Morgan fingerprint density at radius 2 is 1.86 bits per heavy atom. The number of hydrogen-bond donors (Lipinski definition) is 1. The largest absolute Gasteiger partial charge is 0.356 e. The van der Waals surface area contributed by atoms with Crippen LogP contribution in [0.15, 0.2) is 36.7 Å². The van der Waals surface area contributed by atoms with Crippen LogP contribution in [-0.2, 0) is 15.1 Å². The molecule has 1 aromatic carbocycles. The molecule has 4 aliphatic rings. The minimum absolute atomic E-state index is 0.0336. The third-order valence-electron chi connectivity index (χ3n) is 8.13. The predicted molar refractivity (Wildman–Crippen MR) is 130 cm³/mol. The Kier molecular flexibility index (Phi) is 5.41. The number of para-hydroxylation sites is 1. The molecular formula is C26H29N7O2. The van der Waals surface area contributed by atoms with Crippen LogP contribution in [0.4, 0.5) is 11.5 Å². The standard InChI is InChI=1S/C26H29N7O2/c27-17-21-23(29-11-10-28-21)31-12-4-9-30-24(34)20-16-18-6-3-15-33(18)26(20)19-7-1-2-8-22(19)32(25(26)35)14-5-13-31/h1-2,7-8,10-11,18,20H,3-6,9,12-16H2,(H,30,34)/t18-,20-,26+/m0/s1. The highest BCUT2D eigenvalue weighted by molar-refractivity contribution is 6.10. The van der Waals surface area contributed by atoms with Crippen molar-refractivity contribution in [1.82, 2.24) is 20.2 Å². The number of carbonyl (C=O) groups excluding carboxylic acids is 2.